The normalized spacial score (nSPS) is 7.70. The molecule has 0 heterocycles. The predicted molar refractivity (Wildman–Crippen MR) is 32.0 cm³/mol. The summed E-state index contributed by atoms with van der Waals surface area (Å²) in [5, 5.41) is 9.67. The number of aliphatic carboxylic acids is 1. The van der Waals surface area contributed by atoms with E-state index in [0.717, 1.165) is 0 Å². The van der Waals surface area contributed by atoms with Gasteiger partial charge < -0.3 is 14.6 Å². The number of ether oxygens (including phenoxy) is 1. The van der Waals surface area contributed by atoms with Crippen LogP contribution in [-0.2, 0) is 14.3 Å². The van der Waals surface area contributed by atoms with Crippen LogP contribution in [0.5, 0.6) is 0 Å². The van der Waals surface area contributed by atoms with Crippen molar-refractivity contribution < 1.29 is 19.4 Å². The van der Waals surface area contributed by atoms with E-state index < -0.39 is 18.4 Å². The Morgan fingerprint density at radius 2 is 2.00 bits per heavy atom. The molecule has 0 spiro atoms. The van der Waals surface area contributed by atoms with E-state index in [1.54, 1.807) is 6.92 Å². The standard InChI is InChI=1S/C5H8O4.Mg/c1-2-9-5(8)3-4(6)7;/h2-3H2,1H3,(H,6,7);/q;+1/p-1. The van der Waals surface area contributed by atoms with Gasteiger partial charge in [-0.15, -0.1) is 0 Å². The van der Waals surface area contributed by atoms with Gasteiger partial charge in [0.15, 0.2) is 0 Å². The Labute approximate surface area is 74.7 Å². The number of esters is 1. The van der Waals surface area contributed by atoms with E-state index in [1.165, 1.54) is 0 Å². The van der Waals surface area contributed by atoms with Gasteiger partial charge in [-0.3, -0.25) is 4.79 Å². The molecule has 0 fully saturated rings. The number of carboxylic acids is 1. The first-order chi connectivity index (χ1) is 4.16. The van der Waals surface area contributed by atoms with Gasteiger partial charge in [0.25, 0.3) is 0 Å². The molecule has 0 atom stereocenters. The summed E-state index contributed by atoms with van der Waals surface area (Å²) in [6.45, 7) is 1.80. The number of hydrogen-bond donors (Lipinski definition) is 0. The minimum atomic E-state index is -1.41. The molecule has 0 aliphatic carbocycles. The number of carbonyl (C=O) groups excluding carboxylic acids is 2. The molecule has 4 nitrogen and oxygen atoms in total. The first kappa shape index (κ1) is 12.4. The van der Waals surface area contributed by atoms with Gasteiger partial charge in [-0.25, -0.2) is 0 Å². The van der Waals surface area contributed by atoms with Crippen LogP contribution in [0.4, 0.5) is 0 Å². The van der Waals surface area contributed by atoms with Crippen LogP contribution in [0, 0.1) is 0 Å². The second-order valence-corrected chi connectivity index (χ2v) is 1.35. The maximum atomic E-state index is 10.2. The van der Waals surface area contributed by atoms with Crippen molar-refractivity contribution in [3.63, 3.8) is 0 Å². The minimum Gasteiger partial charge on any atom is -0.550 e. The summed E-state index contributed by atoms with van der Waals surface area (Å²) in [7, 11) is 0. The Hall–Kier alpha value is -0.294. The van der Waals surface area contributed by atoms with Crippen LogP contribution in [0.2, 0.25) is 0 Å². The summed E-state index contributed by atoms with van der Waals surface area (Å²) >= 11 is 0. The van der Waals surface area contributed by atoms with E-state index in [-0.39, 0.29) is 29.7 Å². The SMILES string of the molecule is CCOC(=O)CC(=O)[O-].[Mg+]. The number of carbonyl (C=O) groups is 2. The van der Waals surface area contributed by atoms with Crippen molar-refractivity contribution >= 4 is 35.0 Å². The Kier molecular flexibility index (Phi) is 8.45. The number of rotatable bonds is 3. The first-order valence-electron chi connectivity index (χ1n) is 2.52. The van der Waals surface area contributed by atoms with E-state index >= 15 is 0 Å². The van der Waals surface area contributed by atoms with Gasteiger partial charge in [0.05, 0.1) is 19.0 Å². The van der Waals surface area contributed by atoms with Crippen LogP contribution in [-0.4, -0.2) is 41.6 Å². The fourth-order valence-corrected chi connectivity index (χ4v) is 0.330. The third-order valence-electron chi connectivity index (χ3n) is 0.594. The van der Waals surface area contributed by atoms with Gasteiger partial charge in [0.1, 0.15) is 0 Å². The van der Waals surface area contributed by atoms with Crippen LogP contribution >= 0.6 is 0 Å². The number of carboxylic acid groups (broad SMARTS) is 1. The van der Waals surface area contributed by atoms with Crippen LogP contribution in [0.3, 0.4) is 0 Å². The molecule has 0 aromatic heterocycles. The van der Waals surface area contributed by atoms with Gasteiger partial charge >= 0.3 is 29.0 Å². The monoisotopic (exact) mass is 155 g/mol. The molecule has 0 amide bonds. The maximum Gasteiger partial charge on any atom is 1.00 e. The largest absolute Gasteiger partial charge is 1.00 e. The molecule has 0 saturated heterocycles. The van der Waals surface area contributed by atoms with Crippen molar-refractivity contribution in [3.8, 4) is 0 Å². The fraction of sp³-hybridized carbons (Fsp3) is 0.600. The molecule has 0 rings (SSSR count). The molecule has 1 radical (unpaired) electrons. The summed E-state index contributed by atoms with van der Waals surface area (Å²) in [5.41, 5.74) is 0. The molecular formula is C5H7MgO4. The molecule has 5 heteroatoms. The van der Waals surface area contributed by atoms with Crippen molar-refractivity contribution in [1.82, 2.24) is 0 Å². The van der Waals surface area contributed by atoms with Crippen LogP contribution < -0.4 is 5.11 Å². The van der Waals surface area contributed by atoms with Crippen LogP contribution in [0.1, 0.15) is 13.3 Å². The summed E-state index contributed by atoms with van der Waals surface area (Å²) in [6, 6.07) is 0. The molecule has 0 bridgehead atoms. The van der Waals surface area contributed by atoms with Gasteiger partial charge in [-0.2, -0.15) is 0 Å². The average molecular weight is 155 g/mol. The average Bonchev–Trinajstić information content (AvgIpc) is 1.63. The molecular weight excluding hydrogens is 148 g/mol. The Morgan fingerprint density at radius 3 is 2.30 bits per heavy atom. The minimum absolute atomic E-state index is 0. The zero-order valence-electron chi connectivity index (χ0n) is 5.75. The quantitative estimate of drug-likeness (QED) is 0.277. The maximum absolute atomic E-state index is 10.2. The van der Waals surface area contributed by atoms with Crippen molar-refractivity contribution in [3.05, 3.63) is 0 Å². The molecule has 53 valence electrons. The topological polar surface area (TPSA) is 66.4 Å². The summed E-state index contributed by atoms with van der Waals surface area (Å²) < 4.78 is 4.29. The van der Waals surface area contributed by atoms with E-state index in [4.69, 9.17) is 0 Å². The Balaban J connectivity index is 0. The van der Waals surface area contributed by atoms with E-state index in [1.807, 2.05) is 0 Å². The van der Waals surface area contributed by atoms with Crippen molar-refractivity contribution in [1.29, 1.82) is 0 Å². The van der Waals surface area contributed by atoms with Crippen LogP contribution in [0.15, 0.2) is 0 Å². The predicted octanol–water partition coefficient (Wildman–Crippen LogP) is -1.69. The zero-order valence-corrected chi connectivity index (χ0v) is 7.17. The third-order valence-corrected chi connectivity index (χ3v) is 0.594. The van der Waals surface area contributed by atoms with Gasteiger partial charge in [0.2, 0.25) is 0 Å². The summed E-state index contributed by atoms with van der Waals surface area (Å²) in [5.74, 6) is -2.16. The second kappa shape index (κ2) is 6.82. The van der Waals surface area contributed by atoms with Crippen molar-refractivity contribution in [2.75, 3.05) is 6.61 Å². The van der Waals surface area contributed by atoms with Crippen molar-refractivity contribution in [2.24, 2.45) is 0 Å². The molecule has 0 aliphatic rings. The fourth-order valence-electron chi connectivity index (χ4n) is 0.330. The molecule has 0 aromatic carbocycles. The number of hydrogen-bond acceptors (Lipinski definition) is 4. The van der Waals surface area contributed by atoms with E-state index in [0.29, 0.717) is 0 Å². The molecule has 10 heavy (non-hydrogen) atoms. The molecule has 0 saturated carbocycles. The zero-order chi connectivity index (χ0) is 7.28. The Morgan fingerprint density at radius 1 is 1.50 bits per heavy atom. The smallest absolute Gasteiger partial charge is 0.550 e. The Bertz CT molecular complexity index is 123. The second-order valence-electron chi connectivity index (χ2n) is 1.35. The third kappa shape index (κ3) is 7.71. The van der Waals surface area contributed by atoms with Gasteiger partial charge in [-0.1, -0.05) is 0 Å². The van der Waals surface area contributed by atoms with Gasteiger partial charge in [0, 0.05) is 0 Å². The van der Waals surface area contributed by atoms with E-state index in [9.17, 15) is 14.7 Å². The van der Waals surface area contributed by atoms with Gasteiger partial charge in [-0.05, 0) is 6.92 Å². The molecule has 0 N–H and O–H groups in total. The molecule has 0 aromatic rings. The molecule has 0 unspecified atom stereocenters. The summed E-state index contributed by atoms with van der Waals surface area (Å²) in [6.07, 6.45) is -0.659. The van der Waals surface area contributed by atoms with Crippen LogP contribution in [0.25, 0.3) is 0 Å². The first-order valence-corrected chi connectivity index (χ1v) is 2.52. The summed E-state index contributed by atoms with van der Waals surface area (Å²) in [4.78, 5) is 19.9. The van der Waals surface area contributed by atoms with Crippen molar-refractivity contribution in [2.45, 2.75) is 13.3 Å². The molecule has 0 aliphatic heterocycles. The van der Waals surface area contributed by atoms with E-state index in [2.05, 4.69) is 4.74 Å².